The Labute approximate surface area is 143 Å². The smallest absolute Gasteiger partial charge is 0.227 e. The van der Waals surface area contributed by atoms with Crippen molar-refractivity contribution in [1.29, 1.82) is 0 Å². The lowest BCUT2D eigenvalue weighted by Gasteiger charge is -2.12. The quantitative estimate of drug-likeness (QED) is 0.481. The normalized spacial score (nSPS) is 10.8. The van der Waals surface area contributed by atoms with E-state index < -0.39 is 0 Å². The van der Waals surface area contributed by atoms with Gasteiger partial charge in [-0.15, -0.1) is 0 Å². The first kappa shape index (κ1) is 16.6. The molecule has 2 rings (SSSR count). The predicted octanol–water partition coefficient (Wildman–Crippen LogP) is 6.14. The van der Waals surface area contributed by atoms with Gasteiger partial charge in [-0.05, 0) is 19.4 Å². The third-order valence-electron chi connectivity index (χ3n) is 2.74. The van der Waals surface area contributed by atoms with E-state index in [4.69, 9.17) is 51.1 Å². The largest absolute Gasteiger partial charge is 0.437 e. The zero-order chi connectivity index (χ0) is 15.6. The van der Waals surface area contributed by atoms with Crippen LogP contribution in [0.1, 0.15) is 24.7 Å². The van der Waals surface area contributed by atoms with Gasteiger partial charge in [0.05, 0.1) is 15.1 Å². The van der Waals surface area contributed by atoms with E-state index in [9.17, 15) is 0 Å². The molecule has 0 aliphatic heterocycles. The van der Waals surface area contributed by atoms with Gasteiger partial charge in [0, 0.05) is 18.1 Å². The molecule has 0 N–H and O–H groups in total. The second-order valence-electron chi connectivity index (χ2n) is 4.41. The highest BCUT2D eigenvalue weighted by Crippen LogP contribution is 2.37. The standard InChI is InChI=1S/C14H12Cl4N2O/c1-3-4-12-19-13(18)7(2)14(20-12)21-11-6-9(16)8(15)5-10(11)17/h5-6H,3-4H2,1-2H3. The van der Waals surface area contributed by atoms with Crippen LogP contribution < -0.4 is 4.74 Å². The second kappa shape index (κ2) is 7.01. The second-order valence-corrected chi connectivity index (χ2v) is 5.99. The van der Waals surface area contributed by atoms with E-state index in [1.54, 1.807) is 13.0 Å². The minimum atomic E-state index is 0.343. The summed E-state index contributed by atoms with van der Waals surface area (Å²) in [5.74, 6) is 1.35. The van der Waals surface area contributed by atoms with Gasteiger partial charge in [0.2, 0.25) is 5.88 Å². The summed E-state index contributed by atoms with van der Waals surface area (Å²) < 4.78 is 5.73. The molecule has 0 atom stereocenters. The topological polar surface area (TPSA) is 35.0 Å². The Kier molecular flexibility index (Phi) is 5.55. The van der Waals surface area contributed by atoms with Gasteiger partial charge >= 0.3 is 0 Å². The van der Waals surface area contributed by atoms with E-state index in [1.807, 2.05) is 6.92 Å². The summed E-state index contributed by atoms with van der Waals surface area (Å²) in [4.78, 5) is 8.57. The molecule has 0 bridgehead atoms. The summed E-state index contributed by atoms with van der Waals surface area (Å²) >= 11 is 24.1. The highest BCUT2D eigenvalue weighted by atomic mass is 35.5. The molecule has 1 heterocycles. The minimum Gasteiger partial charge on any atom is -0.437 e. The monoisotopic (exact) mass is 364 g/mol. The van der Waals surface area contributed by atoms with Crippen molar-refractivity contribution in [1.82, 2.24) is 9.97 Å². The van der Waals surface area contributed by atoms with Crippen molar-refractivity contribution in [2.75, 3.05) is 0 Å². The first-order valence-electron chi connectivity index (χ1n) is 6.27. The van der Waals surface area contributed by atoms with Crippen molar-refractivity contribution in [3.05, 3.63) is 43.7 Å². The van der Waals surface area contributed by atoms with Crippen LogP contribution in [0.2, 0.25) is 20.2 Å². The summed E-state index contributed by atoms with van der Waals surface area (Å²) in [5, 5.41) is 1.41. The zero-order valence-corrected chi connectivity index (χ0v) is 14.4. The van der Waals surface area contributed by atoms with Gasteiger partial charge in [0.15, 0.2) is 0 Å². The maximum absolute atomic E-state index is 6.11. The van der Waals surface area contributed by atoms with Gasteiger partial charge in [-0.3, -0.25) is 0 Å². The Morgan fingerprint density at radius 1 is 1.00 bits per heavy atom. The van der Waals surface area contributed by atoms with Crippen LogP contribution in [0.5, 0.6) is 11.6 Å². The van der Waals surface area contributed by atoms with Crippen molar-refractivity contribution in [3.8, 4) is 11.6 Å². The minimum absolute atomic E-state index is 0.343. The molecule has 0 radical (unpaired) electrons. The van der Waals surface area contributed by atoms with E-state index in [1.165, 1.54) is 6.07 Å². The number of hydrogen-bond acceptors (Lipinski definition) is 3. The molecule has 112 valence electrons. The number of rotatable bonds is 4. The molecule has 0 aliphatic rings. The zero-order valence-electron chi connectivity index (χ0n) is 11.4. The number of benzene rings is 1. The molecule has 2 aromatic rings. The molecule has 0 saturated heterocycles. The van der Waals surface area contributed by atoms with Crippen molar-refractivity contribution < 1.29 is 4.74 Å². The Morgan fingerprint density at radius 2 is 1.67 bits per heavy atom. The summed E-state index contributed by atoms with van der Waals surface area (Å²) in [7, 11) is 0. The van der Waals surface area contributed by atoms with Crippen molar-refractivity contribution in [3.63, 3.8) is 0 Å². The van der Waals surface area contributed by atoms with E-state index in [-0.39, 0.29) is 0 Å². The summed E-state index contributed by atoms with van der Waals surface area (Å²) in [6.45, 7) is 3.81. The number of ether oxygens (including phenoxy) is 1. The molecule has 1 aromatic carbocycles. The van der Waals surface area contributed by atoms with E-state index in [0.717, 1.165) is 6.42 Å². The Balaban J connectivity index is 2.41. The first-order valence-corrected chi connectivity index (χ1v) is 7.79. The van der Waals surface area contributed by atoms with E-state index in [0.29, 0.717) is 49.7 Å². The van der Waals surface area contributed by atoms with Crippen molar-refractivity contribution in [2.45, 2.75) is 26.7 Å². The highest BCUT2D eigenvalue weighted by molar-refractivity contribution is 6.43. The number of hydrogen-bond donors (Lipinski definition) is 0. The first-order chi connectivity index (χ1) is 9.92. The van der Waals surface area contributed by atoms with Crippen LogP contribution in [-0.4, -0.2) is 9.97 Å². The maximum atomic E-state index is 6.11. The SMILES string of the molecule is CCCc1nc(Cl)c(C)c(Oc2cc(Cl)c(Cl)cc2Cl)n1. The molecule has 0 aliphatic carbocycles. The third-order valence-corrected chi connectivity index (χ3v) is 4.13. The number of aryl methyl sites for hydroxylation is 1. The molecule has 0 spiro atoms. The molecule has 7 heteroatoms. The van der Waals surface area contributed by atoms with Crippen LogP contribution in [0.4, 0.5) is 0 Å². The lowest BCUT2D eigenvalue weighted by atomic mass is 10.3. The number of halogens is 4. The highest BCUT2D eigenvalue weighted by Gasteiger charge is 2.14. The van der Waals surface area contributed by atoms with Crippen molar-refractivity contribution >= 4 is 46.4 Å². The van der Waals surface area contributed by atoms with E-state index in [2.05, 4.69) is 9.97 Å². The maximum Gasteiger partial charge on any atom is 0.227 e. The van der Waals surface area contributed by atoms with Crippen LogP contribution in [0.15, 0.2) is 12.1 Å². The van der Waals surface area contributed by atoms with Gasteiger partial charge in [0.1, 0.15) is 16.7 Å². The van der Waals surface area contributed by atoms with Crippen LogP contribution in [0.25, 0.3) is 0 Å². The van der Waals surface area contributed by atoms with Crippen LogP contribution in [0, 0.1) is 6.92 Å². The Bertz CT molecular complexity index is 677. The van der Waals surface area contributed by atoms with Crippen LogP contribution in [-0.2, 0) is 6.42 Å². The van der Waals surface area contributed by atoms with Gasteiger partial charge < -0.3 is 4.74 Å². The molecule has 0 fully saturated rings. The lowest BCUT2D eigenvalue weighted by molar-refractivity contribution is 0.454. The number of aromatic nitrogens is 2. The van der Waals surface area contributed by atoms with Gasteiger partial charge in [0.25, 0.3) is 0 Å². The van der Waals surface area contributed by atoms with Gasteiger partial charge in [-0.25, -0.2) is 4.98 Å². The molecule has 21 heavy (non-hydrogen) atoms. The van der Waals surface area contributed by atoms with Crippen molar-refractivity contribution in [2.24, 2.45) is 0 Å². The van der Waals surface area contributed by atoms with Gasteiger partial charge in [-0.1, -0.05) is 53.3 Å². The molecule has 0 amide bonds. The molecule has 1 aromatic heterocycles. The fourth-order valence-corrected chi connectivity index (χ4v) is 2.39. The average molecular weight is 366 g/mol. The average Bonchev–Trinajstić information content (AvgIpc) is 2.42. The lowest BCUT2D eigenvalue weighted by Crippen LogP contribution is -2.01. The Morgan fingerprint density at radius 3 is 2.33 bits per heavy atom. The molecule has 0 saturated carbocycles. The number of nitrogens with zero attached hydrogens (tertiary/aromatic N) is 2. The van der Waals surface area contributed by atoms with Gasteiger partial charge in [-0.2, -0.15) is 4.98 Å². The summed E-state index contributed by atoms with van der Waals surface area (Å²) in [6.07, 6.45) is 1.62. The molecule has 3 nitrogen and oxygen atoms in total. The van der Waals surface area contributed by atoms with E-state index >= 15 is 0 Å². The summed E-state index contributed by atoms with van der Waals surface area (Å²) in [6, 6.07) is 3.06. The molecule has 0 unspecified atom stereocenters. The fraction of sp³-hybridized carbons (Fsp3) is 0.286. The fourth-order valence-electron chi connectivity index (χ4n) is 1.63. The summed E-state index contributed by atoms with van der Waals surface area (Å²) in [5.41, 5.74) is 0.638. The predicted molar refractivity (Wildman–Crippen MR) is 87.3 cm³/mol. The van der Waals surface area contributed by atoms with Crippen LogP contribution >= 0.6 is 46.4 Å². The molecular formula is C14H12Cl4N2O. The molecular weight excluding hydrogens is 354 g/mol. The third kappa shape index (κ3) is 3.92. The Hall–Kier alpha value is -0.740. The van der Waals surface area contributed by atoms with Crippen LogP contribution in [0.3, 0.4) is 0 Å².